The highest BCUT2D eigenvalue weighted by atomic mass is 32.2. The number of fused-ring (bicyclic) bond motifs is 1. The second kappa shape index (κ2) is 9.19. The standard InChI is InChI=1S/C22H24N4O5S/c1-26(14-20-24-19-10-3-2-9-18(19)21(27)25-20)22(28)15-6-4-8-17(12-15)32(29,30)23-13-16-7-5-11-31-16/h2-4,6,8-10,12,16,23H,5,7,11,13-14H2,1H3,(H,24,25,27)/t16-/m1/s1. The summed E-state index contributed by atoms with van der Waals surface area (Å²) in [4.78, 5) is 33.6. The maximum atomic E-state index is 12.9. The number of aromatic nitrogens is 2. The second-order valence-electron chi connectivity index (χ2n) is 7.71. The molecule has 10 heteroatoms. The Morgan fingerprint density at radius 2 is 2.06 bits per heavy atom. The number of carbonyl (C=O) groups is 1. The fourth-order valence-corrected chi connectivity index (χ4v) is 4.73. The maximum Gasteiger partial charge on any atom is 0.258 e. The molecule has 0 aliphatic carbocycles. The van der Waals surface area contributed by atoms with Crippen LogP contribution in [-0.2, 0) is 21.3 Å². The first-order valence-corrected chi connectivity index (χ1v) is 11.8. The maximum absolute atomic E-state index is 12.9. The summed E-state index contributed by atoms with van der Waals surface area (Å²) in [5.74, 6) is -0.0523. The van der Waals surface area contributed by atoms with Crippen LogP contribution in [0, 0.1) is 0 Å². The molecule has 1 aliphatic rings. The summed E-state index contributed by atoms with van der Waals surface area (Å²) >= 11 is 0. The molecule has 2 aromatic carbocycles. The van der Waals surface area contributed by atoms with Gasteiger partial charge in [-0.1, -0.05) is 18.2 Å². The highest BCUT2D eigenvalue weighted by Crippen LogP contribution is 2.16. The summed E-state index contributed by atoms with van der Waals surface area (Å²) in [6.07, 6.45) is 1.61. The number of aromatic amines is 1. The van der Waals surface area contributed by atoms with Gasteiger partial charge in [-0.3, -0.25) is 9.59 Å². The van der Waals surface area contributed by atoms with Crippen LogP contribution in [0.15, 0.2) is 58.2 Å². The second-order valence-corrected chi connectivity index (χ2v) is 9.47. The number of ether oxygens (including phenoxy) is 1. The summed E-state index contributed by atoms with van der Waals surface area (Å²) < 4.78 is 33.3. The first-order chi connectivity index (χ1) is 15.3. The van der Waals surface area contributed by atoms with Gasteiger partial charge in [0, 0.05) is 25.8 Å². The predicted octanol–water partition coefficient (Wildman–Crippen LogP) is 1.65. The summed E-state index contributed by atoms with van der Waals surface area (Å²) in [5.41, 5.74) is 0.477. The van der Waals surface area contributed by atoms with Crippen molar-refractivity contribution in [3.05, 3.63) is 70.3 Å². The van der Waals surface area contributed by atoms with Crippen LogP contribution >= 0.6 is 0 Å². The molecule has 1 amide bonds. The number of hydrogen-bond acceptors (Lipinski definition) is 6. The third-order valence-corrected chi connectivity index (χ3v) is 6.73. The van der Waals surface area contributed by atoms with Crippen LogP contribution in [0.25, 0.3) is 10.9 Å². The van der Waals surface area contributed by atoms with Crippen LogP contribution in [0.3, 0.4) is 0 Å². The highest BCUT2D eigenvalue weighted by Gasteiger charge is 2.22. The Morgan fingerprint density at radius 3 is 2.84 bits per heavy atom. The average Bonchev–Trinajstić information content (AvgIpc) is 3.31. The fourth-order valence-electron chi connectivity index (χ4n) is 3.61. The largest absolute Gasteiger partial charge is 0.377 e. The SMILES string of the molecule is CN(Cc1nc2ccccc2c(=O)[nH]1)C(=O)c1cccc(S(=O)(=O)NC[C@H]2CCCO2)c1. The van der Waals surface area contributed by atoms with Crippen LogP contribution in [0.1, 0.15) is 29.0 Å². The van der Waals surface area contributed by atoms with Crippen molar-refractivity contribution in [1.29, 1.82) is 0 Å². The van der Waals surface area contributed by atoms with Gasteiger partial charge in [-0.15, -0.1) is 0 Å². The molecule has 4 rings (SSSR count). The van der Waals surface area contributed by atoms with Gasteiger partial charge < -0.3 is 14.6 Å². The normalized spacial score (nSPS) is 16.3. The third kappa shape index (κ3) is 4.87. The summed E-state index contributed by atoms with van der Waals surface area (Å²) in [6.45, 7) is 0.897. The minimum absolute atomic E-state index is 0.00647. The van der Waals surface area contributed by atoms with Gasteiger partial charge in [0.15, 0.2) is 0 Å². The van der Waals surface area contributed by atoms with E-state index in [1.54, 1.807) is 37.4 Å². The topological polar surface area (TPSA) is 121 Å². The molecule has 0 spiro atoms. The van der Waals surface area contributed by atoms with E-state index in [0.717, 1.165) is 12.8 Å². The first kappa shape index (κ1) is 22.1. The Labute approximate surface area is 185 Å². The molecule has 2 heterocycles. The van der Waals surface area contributed by atoms with Crippen LogP contribution in [-0.4, -0.2) is 55.5 Å². The lowest BCUT2D eigenvalue weighted by Crippen LogP contribution is -2.32. The number of nitrogens with zero attached hydrogens (tertiary/aromatic N) is 2. The molecule has 0 bridgehead atoms. The van der Waals surface area contributed by atoms with E-state index in [1.807, 2.05) is 0 Å². The fraction of sp³-hybridized carbons (Fsp3) is 0.318. The number of rotatable bonds is 7. The Balaban J connectivity index is 1.49. The van der Waals surface area contributed by atoms with E-state index in [9.17, 15) is 18.0 Å². The van der Waals surface area contributed by atoms with Crippen molar-refractivity contribution in [2.75, 3.05) is 20.2 Å². The monoisotopic (exact) mass is 456 g/mol. The van der Waals surface area contributed by atoms with Crippen LogP contribution in [0.5, 0.6) is 0 Å². The lowest BCUT2D eigenvalue weighted by molar-refractivity contribution is 0.0781. The molecule has 9 nitrogen and oxygen atoms in total. The predicted molar refractivity (Wildman–Crippen MR) is 119 cm³/mol. The molecule has 0 radical (unpaired) electrons. The van der Waals surface area contributed by atoms with E-state index >= 15 is 0 Å². The minimum atomic E-state index is -3.78. The van der Waals surface area contributed by atoms with Crippen LogP contribution < -0.4 is 10.3 Å². The molecule has 1 aliphatic heterocycles. The Hall–Kier alpha value is -3.08. The number of carbonyl (C=O) groups excluding carboxylic acids is 1. The number of amides is 1. The molecule has 32 heavy (non-hydrogen) atoms. The minimum Gasteiger partial charge on any atom is -0.377 e. The first-order valence-electron chi connectivity index (χ1n) is 10.3. The Kier molecular flexibility index (Phi) is 6.35. The van der Waals surface area contributed by atoms with Gasteiger partial charge in [0.25, 0.3) is 11.5 Å². The molecule has 0 unspecified atom stereocenters. The molecule has 2 N–H and O–H groups in total. The zero-order chi connectivity index (χ0) is 22.7. The van der Waals surface area contributed by atoms with E-state index in [4.69, 9.17) is 4.74 Å². The van der Waals surface area contributed by atoms with Crippen molar-refractivity contribution in [1.82, 2.24) is 19.6 Å². The van der Waals surface area contributed by atoms with Gasteiger partial charge in [0.05, 0.1) is 28.4 Å². The lowest BCUT2D eigenvalue weighted by Gasteiger charge is -2.17. The summed E-state index contributed by atoms with van der Waals surface area (Å²) in [6, 6.07) is 12.8. The summed E-state index contributed by atoms with van der Waals surface area (Å²) in [7, 11) is -2.22. The molecular weight excluding hydrogens is 432 g/mol. The van der Waals surface area contributed by atoms with Crippen molar-refractivity contribution in [2.45, 2.75) is 30.4 Å². The number of sulfonamides is 1. The molecule has 3 aromatic rings. The molecule has 1 saturated heterocycles. The van der Waals surface area contributed by atoms with Crippen LogP contribution in [0.2, 0.25) is 0 Å². The van der Waals surface area contributed by atoms with E-state index in [-0.39, 0.29) is 35.2 Å². The molecule has 1 atom stereocenters. The molecular formula is C22H24N4O5S. The van der Waals surface area contributed by atoms with Gasteiger partial charge in [-0.05, 0) is 43.2 Å². The number of benzene rings is 2. The third-order valence-electron chi connectivity index (χ3n) is 5.31. The zero-order valence-corrected chi connectivity index (χ0v) is 18.4. The van der Waals surface area contributed by atoms with Crippen LogP contribution in [0.4, 0.5) is 0 Å². The van der Waals surface area contributed by atoms with Gasteiger partial charge in [-0.25, -0.2) is 18.1 Å². The van der Waals surface area contributed by atoms with E-state index in [2.05, 4.69) is 14.7 Å². The van der Waals surface area contributed by atoms with Crippen molar-refractivity contribution in [3.8, 4) is 0 Å². The number of H-pyrrole nitrogens is 1. The Morgan fingerprint density at radius 1 is 1.25 bits per heavy atom. The molecule has 1 aromatic heterocycles. The summed E-state index contributed by atoms with van der Waals surface area (Å²) in [5, 5.41) is 0.471. The van der Waals surface area contributed by atoms with Gasteiger partial charge in [0.2, 0.25) is 10.0 Å². The molecule has 0 saturated carbocycles. The van der Waals surface area contributed by atoms with Crippen molar-refractivity contribution >= 4 is 26.8 Å². The average molecular weight is 457 g/mol. The number of hydrogen-bond donors (Lipinski definition) is 2. The molecule has 168 valence electrons. The van der Waals surface area contributed by atoms with E-state index < -0.39 is 15.9 Å². The Bertz CT molecular complexity index is 1300. The van der Waals surface area contributed by atoms with E-state index in [0.29, 0.717) is 23.3 Å². The zero-order valence-electron chi connectivity index (χ0n) is 17.6. The highest BCUT2D eigenvalue weighted by molar-refractivity contribution is 7.89. The van der Waals surface area contributed by atoms with Crippen molar-refractivity contribution in [2.24, 2.45) is 0 Å². The van der Waals surface area contributed by atoms with Gasteiger partial charge in [0.1, 0.15) is 5.82 Å². The van der Waals surface area contributed by atoms with Gasteiger partial charge >= 0.3 is 0 Å². The smallest absolute Gasteiger partial charge is 0.258 e. The van der Waals surface area contributed by atoms with Gasteiger partial charge in [-0.2, -0.15) is 0 Å². The lowest BCUT2D eigenvalue weighted by atomic mass is 10.2. The van der Waals surface area contributed by atoms with Crippen molar-refractivity contribution < 1.29 is 17.9 Å². The molecule has 1 fully saturated rings. The van der Waals surface area contributed by atoms with Crippen molar-refractivity contribution in [3.63, 3.8) is 0 Å². The number of nitrogens with one attached hydrogen (secondary N) is 2. The quantitative estimate of drug-likeness (QED) is 0.558. The van der Waals surface area contributed by atoms with E-state index in [1.165, 1.54) is 23.1 Å². The number of para-hydroxylation sites is 1.